The van der Waals surface area contributed by atoms with Crippen molar-refractivity contribution in [2.24, 2.45) is 5.73 Å². The van der Waals surface area contributed by atoms with Crippen LogP contribution in [-0.2, 0) is 0 Å². The number of amidine groups is 1. The molecule has 2 rings (SSSR count). The quantitative estimate of drug-likeness (QED) is 0.386. The second-order valence-corrected chi connectivity index (χ2v) is 4.03. The van der Waals surface area contributed by atoms with Crippen LogP contribution in [-0.4, -0.2) is 18.9 Å². The van der Waals surface area contributed by atoms with Gasteiger partial charge in [0.1, 0.15) is 5.84 Å². The molecule has 3 N–H and O–H groups in total. The van der Waals surface area contributed by atoms with E-state index in [1.807, 2.05) is 6.07 Å². The van der Waals surface area contributed by atoms with Crippen molar-refractivity contribution in [3.63, 3.8) is 0 Å². The highest BCUT2D eigenvalue weighted by atomic mass is 16.6. The minimum atomic E-state index is -0.473. The average molecular weight is 270 g/mol. The van der Waals surface area contributed by atoms with Gasteiger partial charge in [-0.3, -0.25) is 5.41 Å². The first-order valence-corrected chi connectivity index (χ1v) is 5.91. The summed E-state index contributed by atoms with van der Waals surface area (Å²) in [4.78, 5) is 12.0. The van der Waals surface area contributed by atoms with E-state index in [0.717, 1.165) is 0 Å². The normalized spacial score (nSPS) is 9.85. The summed E-state index contributed by atoms with van der Waals surface area (Å²) in [6.45, 7) is 0. The molecule has 20 heavy (non-hydrogen) atoms. The highest BCUT2D eigenvalue weighted by Crippen LogP contribution is 2.28. The Balaban J connectivity index is 2.25. The van der Waals surface area contributed by atoms with Crippen LogP contribution in [0.25, 0.3) is 0 Å². The lowest BCUT2D eigenvalue weighted by Crippen LogP contribution is -2.12. The van der Waals surface area contributed by atoms with Gasteiger partial charge in [-0.15, -0.1) is 0 Å². The number of benzene rings is 2. The second kappa shape index (κ2) is 5.88. The molecule has 5 nitrogen and oxygen atoms in total. The van der Waals surface area contributed by atoms with Gasteiger partial charge in [-0.05, 0) is 30.3 Å². The molecule has 0 aliphatic heterocycles. The maximum Gasteiger partial charge on any atom is 0.343 e. The van der Waals surface area contributed by atoms with E-state index in [1.165, 1.54) is 7.11 Å². The third kappa shape index (κ3) is 2.95. The Labute approximate surface area is 116 Å². The predicted molar refractivity (Wildman–Crippen MR) is 75.4 cm³/mol. The Morgan fingerprint density at radius 1 is 1.05 bits per heavy atom. The highest BCUT2D eigenvalue weighted by Gasteiger charge is 2.13. The van der Waals surface area contributed by atoms with Gasteiger partial charge >= 0.3 is 5.97 Å². The monoisotopic (exact) mass is 270 g/mol. The van der Waals surface area contributed by atoms with Gasteiger partial charge in [-0.25, -0.2) is 4.79 Å². The van der Waals surface area contributed by atoms with Gasteiger partial charge in [0.15, 0.2) is 11.5 Å². The third-order valence-corrected chi connectivity index (χ3v) is 2.69. The number of nitrogen functional groups attached to an aromatic ring is 1. The highest BCUT2D eigenvalue weighted by molar-refractivity contribution is 5.96. The van der Waals surface area contributed by atoms with E-state index in [9.17, 15) is 4.79 Å². The van der Waals surface area contributed by atoms with Crippen LogP contribution in [0.4, 0.5) is 0 Å². The first-order chi connectivity index (χ1) is 9.61. The van der Waals surface area contributed by atoms with Crippen LogP contribution in [0.5, 0.6) is 11.5 Å². The number of nitrogens with one attached hydrogen (secondary N) is 1. The van der Waals surface area contributed by atoms with Crippen molar-refractivity contribution in [1.29, 1.82) is 5.41 Å². The molecule has 0 aliphatic rings. The zero-order chi connectivity index (χ0) is 14.5. The zero-order valence-electron chi connectivity index (χ0n) is 10.9. The fourth-order valence-electron chi connectivity index (χ4n) is 1.65. The average Bonchev–Trinajstić information content (AvgIpc) is 2.48. The van der Waals surface area contributed by atoms with Gasteiger partial charge in [0.25, 0.3) is 0 Å². The summed E-state index contributed by atoms with van der Waals surface area (Å²) >= 11 is 0. The molecule has 5 heteroatoms. The number of hydrogen-bond donors (Lipinski definition) is 2. The van der Waals surface area contributed by atoms with E-state index in [2.05, 4.69) is 0 Å². The van der Waals surface area contributed by atoms with Crippen molar-refractivity contribution in [2.45, 2.75) is 0 Å². The van der Waals surface area contributed by atoms with Crippen molar-refractivity contribution >= 4 is 11.8 Å². The van der Waals surface area contributed by atoms with E-state index in [0.29, 0.717) is 16.9 Å². The number of esters is 1. The van der Waals surface area contributed by atoms with Crippen molar-refractivity contribution in [1.82, 2.24) is 0 Å². The molecule has 0 heterocycles. The standard InChI is InChI=1S/C15H14N2O3/c1-19-13-9-11(14(16)17)7-8-12(13)20-15(18)10-5-3-2-4-6-10/h2-9H,1H3,(H3,16,17). The molecular formula is C15H14N2O3. The molecule has 0 radical (unpaired) electrons. The first kappa shape index (κ1) is 13.6. The van der Waals surface area contributed by atoms with E-state index in [4.69, 9.17) is 20.6 Å². The summed E-state index contributed by atoms with van der Waals surface area (Å²) in [6, 6.07) is 13.4. The maximum absolute atomic E-state index is 12.0. The van der Waals surface area contributed by atoms with Gasteiger partial charge in [-0.2, -0.15) is 0 Å². The molecule has 102 valence electrons. The lowest BCUT2D eigenvalue weighted by Gasteiger charge is -2.10. The van der Waals surface area contributed by atoms with E-state index >= 15 is 0 Å². The van der Waals surface area contributed by atoms with Crippen LogP contribution in [0.2, 0.25) is 0 Å². The molecule has 0 aromatic heterocycles. The number of ether oxygens (including phenoxy) is 2. The van der Waals surface area contributed by atoms with Crippen LogP contribution < -0.4 is 15.2 Å². The van der Waals surface area contributed by atoms with Crippen molar-refractivity contribution in [3.05, 3.63) is 59.7 Å². The molecule has 2 aromatic carbocycles. The van der Waals surface area contributed by atoms with Gasteiger partial charge < -0.3 is 15.2 Å². The molecule has 0 saturated carbocycles. The van der Waals surface area contributed by atoms with Crippen LogP contribution in [0.3, 0.4) is 0 Å². The van der Waals surface area contributed by atoms with Gasteiger partial charge in [0.05, 0.1) is 12.7 Å². The molecule has 0 saturated heterocycles. The fraction of sp³-hybridized carbons (Fsp3) is 0.0667. The summed E-state index contributed by atoms with van der Waals surface area (Å²) in [5, 5.41) is 7.37. The maximum atomic E-state index is 12.0. The molecule has 0 amide bonds. The number of nitrogens with two attached hydrogens (primary N) is 1. The lowest BCUT2D eigenvalue weighted by atomic mass is 10.2. The Morgan fingerprint density at radius 2 is 1.75 bits per heavy atom. The largest absolute Gasteiger partial charge is 0.493 e. The molecule has 0 fully saturated rings. The van der Waals surface area contributed by atoms with Crippen LogP contribution >= 0.6 is 0 Å². The topological polar surface area (TPSA) is 85.4 Å². The molecule has 0 unspecified atom stereocenters. The Morgan fingerprint density at radius 3 is 2.35 bits per heavy atom. The van der Waals surface area contributed by atoms with Crippen LogP contribution in [0.1, 0.15) is 15.9 Å². The molecule has 0 atom stereocenters. The minimum Gasteiger partial charge on any atom is -0.493 e. The van der Waals surface area contributed by atoms with Crippen LogP contribution in [0, 0.1) is 5.41 Å². The van der Waals surface area contributed by atoms with E-state index in [-0.39, 0.29) is 11.6 Å². The van der Waals surface area contributed by atoms with Crippen LogP contribution in [0.15, 0.2) is 48.5 Å². The first-order valence-electron chi connectivity index (χ1n) is 5.91. The second-order valence-electron chi connectivity index (χ2n) is 4.03. The Bertz CT molecular complexity index is 639. The summed E-state index contributed by atoms with van der Waals surface area (Å²) < 4.78 is 10.4. The predicted octanol–water partition coefficient (Wildman–Crippen LogP) is 2.20. The lowest BCUT2D eigenvalue weighted by molar-refractivity contribution is 0.0729. The van der Waals surface area contributed by atoms with Gasteiger partial charge in [0, 0.05) is 5.56 Å². The van der Waals surface area contributed by atoms with Gasteiger partial charge in [-0.1, -0.05) is 18.2 Å². The summed E-state index contributed by atoms with van der Waals surface area (Å²) in [5.74, 6) is 0.0806. The van der Waals surface area contributed by atoms with E-state index in [1.54, 1.807) is 42.5 Å². The Kier molecular flexibility index (Phi) is 4.00. The molecular weight excluding hydrogens is 256 g/mol. The SMILES string of the molecule is COc1cc(C(=N)N)ccc1OC(=O)c1ccccc1. The van der Waals surface area contributed by atoms with Crippen molar-refractivity contribution in [2.75, 3.05) is 7.11 Å². The number of hydrogen-bond acceptors (Lipinski definition) is 4. The summed E-state index contributed by atoms with van der Waals surface area (Å²) in [7, 11) is 1.46. The van der Waals surface area contributed by atoms with Crippen molar-refractivity contribution in [3.8, 4) is 11.5 Å². The molecule has 0 aliphatic carbocycles. The number of carbonyl (C=O) groups is 1. The fourth-order valence-corrected chi connectivity index (χ4v) is 1.65. The van der Waals surface area contributed by atoms with Gasteiger partial charge in [0.2, 0.25) is 0 Å². The van der Waals surface area contributed by atoms with Crippen molar-refractivity contribution < 1.29 is 14.3 Å². The molecule has 2 aromatic rings. The number of methoxy groups -OCH3 is 1. The number of carbonyl (C=O) groups excluding carboxylic acids is 1. The summed E-state index contributed by atoms with van der Waals surface area (Å²) in [6.07, 6.45) is 0. The zero-order valence-corrected chi connectivity index (χ0v) is 10.9. The molecule has 0 bridgehead atoms. The third-order valence-electron chi connectivity index (χ3n) is 2.69. The minimum absolute atomic E-state index is 0.0794. The smallest absolute Gasteiger partial charge is 0.343 e. The molecule has 0 spiro atoms. The number of rotatable bonds is 4. The summed E-state index contributed by atoms with van der Waals surface area (Å²) in [5.41, 5.74) is 6.35. The Hall–Kier alpha value is -2.82. The van der Waals surface area contributed by atoms with E-state index < -0.39 is 5.97 Å².